The highest BCUT2D eigenvalue weighted by Crippen LogP contribution is 2.21. The molecule has 0 saturated carbocycles. The quantitative estimate of drug-likeness (QED) is 0.627. The minimum absolute atomic E-state index is 0.176. The minimum atomic E-state index is -0.946. The first kappa shape index (κ1) is 20.1. The van der Waals surface area contributed by atoms with Crippen LogP contribution >= 0.6 is 0 Å². The Morgan fingerprint density at radius 1 is 1.10 bits per heavy atom. The van der Waals surface area contributed by atoms with E-state index in [0.29, 0.717) is 10.3 Å². The SMILES string of the molecule is CCN(CC)c1ccc(N=Cc2c(O)n(-c3ccccc3F)c(=O)[nH]c2=O)cc1. The van der Waals surface area contributed by atoms with Crippen LogP contribution in [-0.4, -0.2) is 34.0 Å². The average Bonchev–Trinajstić information content (AvgIpc) is 2.71. The van der Waals surface area contributed by atoms with E-state index in [0.717, 1.165) is 31.1 Å². The van der Waals surface area contributed by atoms with E-state index in [1.807, 2.05) is 12.1 Å². The van der Waals surface area contributed by atoms with E-state index in [4.69, 9.17) is 0 Å². The summed E-state index contributed by atoms with van der Waals surface area (Å²) in [6.45, 7) is 5.88. The maximum Gasteiger partial charge on any atom is 0.335 e. The van der Waals surface area contributed by atoms with Crippen LogP contribution in [0.3, 0.4) is 0 Å². The molecule has 0 amide bonds. The summed E-state index contributed by atoms with van der Waals surface area (Å²) in [5.41, 5.74) is -0.585. The van der Waals surface area contributed by atoms with Crippen LogP contribution in [0, 0.1) is 5.82 Å². The smallest absolute Gasteiger partial charge is 0.335 e. The molecule has 0 fully saturated rings. The van der Waals surface area contributed by atoms with E-state index < -0.39 is 22.9 Å². The van der Waals surface area contributed by atoms with Crippen molar-refractivity contribution >= 4 is 17.6 Å². The van der Waals surface area contributed by atoms with Crippen LogP contribution in [0.15, 0.2) is 63.1 Å². The third-order valence-electron chi connectivity index (χ3n) is 4.54. The molecule has 7 nitrogen and oxygen atoms in total. The van der Waals surface area contributed by atoms with Crippen LogP contribution in [0.25, 0.3) is 5.69 Å². The van der Waals surface area contributed by atoms with Gasteiger partial charge in [-0.3, -0.25) is 14.8 Å². The molecular weight excluding hydrogens is 375 g/mol. The van der Waals surface area contributed by atoms with Gasteiger partial charge in [0.05, 0.1) is 11.4 Å². The van der Waals surface area contributed by atoms with Crippen LogP contribution < -0.4 is 16.1 Å². The van der Waals surface area contributed by atoms with Gasteiger partial charge in [0.25, 0.3) is 5.56 Å². The van der Waals surface area contributed by atoms with E-state index in [1.54, 1.807) is 12.1 Å². The number of H-pyrrole nitrogens is 1. The highest BCUT2D eigenvalue weighted by atomic mass is 19.1. The second kappa shape index (κ2) is 8.55. The van der Waals surface area contributed by atoms with Crippen molar-refractivity contribution in [3.63, 3.8) is 0 Å². The van der Waals surface area contributed by atoms with Crippen LogP contribution in [0.4, 0.5) is 15.8 Å². The monoisotopic (exact) mass is 396 g/mol. The molecule has 0 unspecified atom stereocenters. The maximum atomic E-state index is 14.1. The van der Waals surface area contributed by atoms with Gasteiger partial charge in [0.2, 0.25) is 5.88 Å². The zero-order chi connectivity index (χ0) is 21.0. The first-order valence-corrected chi connectivity index (χ1v) is 9.18. The molecule has 0 atom stereocenters. The van der Waals surface area contributed by atoms with E-state index in [2.05, 4.69) is 28.7 Å². The first-order valence-electron chi connectivity index (χ1n) is 9.18. The molecule has 0 radical (unpaired) electrons. The molecule has 0 aliphatic rings. The van der Waals surface area contributed by atoms with Crippen LogP contribution in [0.1, 0.15) is 19.4 Å². The zero-order valence-electron chi connectivity index (χ0n) is 16.1. The number of para-hydroxylation sites is 1. The highest BCUT2D eigenvalue weighted by molar-refractivity contribution is 5.84. The molecule has 150 valence electrons. The van der Waals surface area contributed by atoms with Gasteiger partial charge >= 0.3 is 5.69 Å². The van der Waals surface area contributed by atoms with Gasteiger partial charge in [-0.1, -0.05) is 12.1 Å². The summed E-state index contributed by atoms with van der Waals surface area (Å²) >= 11 is 0. The molecule has 0 aliphatic carbocycles. The molecule has 0 aliphatic heterocycles. The number of aliphatic imine (C=N–C) groups is 1. The Hall–Kier alpha value is -3.68. The van der Waals surface area contributed by atoms with Crippen molar-refractivity contribution in [2.45, 2.75) is 13.8 Å². The largest absolute Gasteiger partial charge is 0.493 e. The molecule has 2 N–H and O–H groups in total. The van der Waals surface area contributed by atoms with Crippen LogP contribution in [0.2, 0.25) is 0 Å². The number of benzene rings is 2. The molecule has 0 bridgehead atoms. The fourth-order valence-corrected chi connectivity index (χ4v) is 2.99. The fourth-order valence-electron chi connectivity index (χ4n) is 2.99. The summed E-state index contributed by atoms with van der Waals surface area (Å²) in [7, 11) is 0. The van der Waals surface area contributed by atoms with E-state index in [9.17, 15) is 19.1 Å². The van der Waals surface area contributed by atoms with Gasteiger partial charge in [-0.2, -0.15) is 0 Å². The zero-order valence-corrected chi connectivity index (χ0v) is 16.1. The molecule has 8 heteroatoms. The normalized spacial score (nSPS) is 11.1. The van der Waals surface area contributed by atoms with E-state index in [1.165, 1.54) is 18.2 Å². The number of aromatic nitrogens is 2. The summed E-state index contributed by atoms with van der Waals surface area (Å²) in [6, 6.07) is 12.8. The summed E-state index contributed by atoms with van der Waals surface area (Å²) in [4.78, 5) is 32.7. The molecule has 0 saturated heterocycles. The van der Waals surface area contributed by atoms with Crippen molar-refractivity contribution in [1.29, 1.82) is 0 Å². The van der Waals surface area contributed by atoms with Crippen LogP contribution in [0.5, 0.6) is 5.88 Å². The van der Waals surface area contributed by atoms with Gasteiger partial charge in [-0.05, 0) is 50.2 Å². The maximum absolute atomic E-state index is 14.1. The topological polar surface area (TPSA) is 90.7 Å². The first-order chi connectivity index (χ1) is 14.0. The Labute approximate surface area is 166 Å². The van der Waals surface area contributed by atoms with E-state index >= 15 is 0 Å². The molecule has 1 heterocycles. The van der Waals surface area contributed by atoms with Gasteiger partial charge in [-0.25, -0.2) is 13.8 Å². The van der Waals surface area contributed by atoms with Crippen molar-refractivity contribution in [2.75, 3.05) is 18.0 Å². The number of nitrogens with one attached hydrogen (secondary N) is 1. The van der Waals surface area contributed by atoms with Crippen molar-refractivity contribution < 1.29 is 9.50 Å². The summed E-state index contributed by atoms with van der Waals surface area (Å²) in [6.07, 6.45) is 1.15. The Morgan fingerprint density at radius 2 is 1.76 bits per heavy atom. The number of aromatic amines is 1. The van der Waals surface area contributed by atoms with Gasteiger partial charge in [0.1, 0.15) is 11.4 Å². The summed E-state index contributed by atoms with van der Waals surface area (Å²) < 4.78 is 14.8. The predicted molar refractivity (Wildman–Crippen MR) is 112 cm³/mol. The summed E-state index contributed by atoms with van der Waals surface area (Å²) in [5.74, 6) is -1.40. The van der Waals surface area contributed by atoms with E-state index in [-0.39, 0.29) is 11.3 Å². The number of nitrogens with zero attached hydrogens (tertiary/aromatic N) is 3. The van der Waals surface area contributed by atoms with Crippen molar-refractivity contribution in [1.82, 2.24) is 9.55 Å². The summed E-state index contributed by atoms with van der Waals surface area (Å²) in [5, 5.41) is 10.5. The lowest BCUT2D eigenvalue weighted by molar-refractivity contribution is 0.427. The number of hydrogen-bond donors (Lipinski definition) is 2. The fraction of sp³-hybridized carbons (Fsp3) is 0.190. The van der Waals surface area contributed by atoms with Gasteiger partial charge in [-0.15, -0.1) is 0 Å². The number of aromatic hydroxyl groups is 1. The van der Waals surface area contributed by atoms with Crippen molar-refractivity contribution in [2.24, 2.45) is 4.99 Å². The highest BCUT2D eigenvalue weighted by Gasteiger charge is 2.16. The molecule has 2 aromatic carbocycles. The second-order valence-corrected chi connectivity index (χ2v) is 6.23. The lowest BCUT2D eigenvalue weighted by atomic mass is 10.2. The van der Waals surface area contributed by atoms with Crippen molar-refractivity contribution in [3.8, 4) is 11.6 Å². The molecular formula is C21H21FN4O3. The average molecular weight is 396 g/mol. The second-order valence-electron chi connectivity index (χ2n) is 6.23. The lowest BCUT2D eigenvalue weighted by Crippen LogP contribution is -2.31. The van der Waals surface area contributed by atoms with Gasteiger partial charge in [0, 0.05) is 25.0 Å². The number of rotatable bonds is 6. The Balaban J connectivity index is 2.00. The minimum Gasteiger partial charge on any atom is -0.493 e. The predicted octanol–water partition coefficient (Wildman–Crippen LogP) is 2.97. The van der Waals surface area contributed by atoms with Gasteiger partial charge in [0.15, 0.2) is 0 Å². The molecule has 1 aromatic heterocycles. The number of hydrogen-bond acceptors (Lipinski definition) is 5. The van der Waals surface area contributed by atoms with Crippen LogP contribution in [-0.2, 0) is 0 Å². The standard InChI is InChI=1S/C21H21FN4O3/c1-3-25(4-2)15-11-9-14(10-12-15)23-13-16-19(27)24-21(29)26(20(16)28)18-8-6-5-7-17(18)22/h5-13,28H,3-4H2,1-2H3,(H,24,27,29). The van der Waals surface area contributed by atoms with Gasteiger partial charge < -0.3 is 10.0 Å². The molecule has 3 rings (SSSR count). The third-order valence-corrected chi connectivity index (χ3v) is 4.54. The Bertz CT molecular complexity index is 1150. The number of anilines is 1. The molecule has 3 aromatic rings. The Kier molecular flexibility index (Phi) is 5.92. The molecule has 29 heavy (non-hydrogen) atoms. The Morgan fingerprint density at radius 3 is 2.38 bits per heavy atom. The number of halogens is 1. The van der Waals surface area contributed by atoms with Crippen molar-refractivity contribution in [3.05, 3.63) is 80.7 Å². The third kappa shape index (κ3) is 4.11. The lowest BCUT2D eigenvalue weighted by Gasteiger charge is -2.20. The molecule has 0 spiro atoms.